The first kappa shape index (κ1) is 118. The lowest BCUT2D eigenvalue weighted by Gasteiger charge is -2.45. The lowest BCUT2D eigenvalue weighted by atomic mass is 9.61. The number of hydrogen-bond acceptors (Lipinski definition) is 11. The Hall–Kier alpha value is -4.63. The third kappa shape index (κ3) is 30.7. The normalized spacial score (nSPS) is 33.8. The summed E-state index contributed by atoms with van der Waals surface area (Å²) >= 11 is 0. The highest BCUT2D eigenvalue weighted by Gasteiger charge is 2.55. The Morgan fingerprint density at radius 1 is 0.522 bits per heavy atom. The second-order valence-electron chi connectivity index (χ2n) is 48.7. The molecule has 0 radical (unpaired) electrons. The number of ketones is 1. The minimum absolute atomic E-state index is 0.0837. The number of halogens is 2. The van der Waals surface area contributed by atoms with Gasteiger partial charge < -0.3 is 49.4 Å². The van der Waals surface area contributed by atoms with Crippen molar-refractivity contribution >= 4 is 28.7 Å². The fourth-order valence-corrected chi connectivity index (χ4v) is 28.0. The zero-order valence-corrected chi connectivity index (χ0v) is 92.6. The Bertz CT molecular complexity index is 4290. The first-order valence-corrected chi connectivity index (χ1v) is 60.1. The van der Waals surface area contributed by atoms with E-state index < -0.39 is 46.3 Å². The van der Waals surface area contributed by atoms with Gasteiger partial charge in [0.05, 0.1) is 42.2 Å². The van der Waals surface area contributed by atoms with Crippen LogP contribution >= 0.6 is 0 Å². The molecule has 12 aliphatic carbocycles. The number of fused-ring (bicyclic) bond motifs is 4. The van der Waals surface area contributed by atoms with E-state index in [0.717, 1.165) is 170 Å². The zero-order valence-electron chi connectivity index (χ0n) is 90.6. The molecular formula is C121H198F2O11Si2. The molecule has 7 N–H and O–H groups in total. The summed E-state index contributed by atoms with van der Waals surface area (Å²) in [5, 5.41) is 69.6. The largest absolute Gasteiger partial charge is 0.414 e. The molecule has 770 valence electrons. The third-order valence-corrected chi connectivity index (χ3v) is 46.2. The van der Waals surface area contributed by atoms with Gasteiger partial charge in [0.1, 0.15) is 24.4 Å². The van der Waals surface area contributed by atoms with Crippen LogP contribution in [0.25, 0.3) is 0 Å². The van der Waals surface area contributed by atoms with E-state index in [1.807, 2.05) is 52.0 Å². The van der Waals surface area contributed by atoms with Crippen molar-refractivity contribution in [3.05, 3.63) is 178 Å². The van der Waals surface area contributed by atoms with Crippen LogP contribution in [0.1, 0.15) is 370 Å². The van der Waals surface area contributed by atoms with Crippen LogP contribution in [0.15, 0.2) is 178 Å². The van der Waals surface area contributed by atoms with Gasteiger partial charge >= 0.3 is 0 Å². The van der Waals surface area contributed by atoms with Gasteiger partial charge in [-0.25, -0.2) is 8.78 Å². The number of hydrogen-bond donors (Lipinski definition) is 7. The Labute approximate surface area is 831 Å². The molecule has 12 aliphatic rings. The number of aldehydes is 1. The molecule has 0 amide bonds. The highest BCUT2D eigenvalue weighted by atomic mass is 28.4. The van der Waals surface area contributed by atoms with Crippen molar-refractivity contribution in [3.8, 4) is 0 Å². The second-order valence-corrected chi connectivity index (χ2v) is 58.3. The minimum Gasteiger partial charge on any atom is -0.414 e. The number of aliphatic hydroxyl groups is 7. The summed E-state index contributed by atoms with van der Waals surface area (Å²) in [5.41, 5.74) is 13.4. The summed E-state index contributed by atoms with van der Waals surface area (Å²) in [5.74, 6) is 7.18. The van der Waals surface area contributed by atoms with Gasteiger partial charge in [0, 0.05) is 44.3 Å². The highest BCUT2D eigenvalue weighted by molar-refractivity contribution is 6.74. The lowest BCUT2D eigenvalue weighted by molar-refractivity contribution is -0.128. The maximum absolute atomic E-state index is 14.1. The molecule has 13 unspecified atom stereocenters. The van der Waals surface area contributed by atoms with Crippen LogP contribution in [-0.4, -0.2) is 132 Å². The van der Waals surface area contributed by atoms with Gasteiger partial charge in [0.15, 0.2) is 16.6 Å². The molecule has 0 heterocycles. The quantitative estimate of drug-likeness (QED) is 0.0235. The number of rotatable bonds is 27. The number of Topliss-reactive ketones (excluding diaryl/α,β-unsaturated/α-hetero) is 1. The van der Waals surface area contributed by atoms with Crippen LogP contribution in [0.5, 0.6) is 0 Å². The standard InChI is InChI=1S/C29H43FO2.C28H44O.C20H32O2.C16H27FO2Si.C15H28O2Si.C13H24O2/c1-6-29(32,7-2)17-8-10-20(3)25-14-15-26-22(11-9-16-28(25,26)5)12-13-23-18-24(31)19-27(30)21(23)4;1-19(2)20(3)9-10-22(5)26-15-16-27-23(8-7-17-28(26,27)6)12-13-24-18-25(29)14-11-21(24)4;1-5-20(22,6-2)14-7-9-15(3)16-11-12-17-18(21)10-8-13-19(16,17)4;1-12-13(8-7-9-18)10-14(11-15(12)17)19-20(5,6)16(2,3)4;1-12-7-8-14(11-13(12)9-10-16)17-18(5,6)15(2,3)4;1-9(8-14)10-5-6-11-12(15)4-3-7-13(10,11)2/h8,12-14,17,20,24,26-27,31-32H,4,6-7,9-11,15-16,18-19H2,1-3,5H3;9-10,12-13,19-20,22,25-27,29H,4,7-8,11,14-18H2,1-3,5-6H3;7,11,14-15,17,22H,5-6,8-10,12-13H2,1-4H3;8-9,14-15H,1,7,10-11H2,2-6H3;9,14,16H,1,7-8,10-11H2,2-6H3;9-12,14-15H,3-8H2,1-2H3/b17-8+,22-12+,23-13-;10-9+,23-12+,24-13-;14-7+;13-8-;13-9-;/t20-,24?,26?,27-,28+;20?,22?,25?,26?,27?,28-;15-,17?,19+;14?,15-;;9?,10?,11?,12-,13+/m0100.0/s1. The number of carbonyl (C=O) groups is 2. The van der Waals surface area contributed by atoms with Crippen LogP contribution in [0.4, 0.5) is 8.78 Å². The van der Waals surface area contributed by atoms with E-state index >= 15 is 0 Å². The molecule has 0 aliphatic heterocycles. The number of aliphatic hydroxyl groups excluding tert-OH is 5. The SMILES string of the molecule is C=C1/C(=C\C=C2/CCC[C@]3(C)C([C@@H](C)C/C=C/C(O)(CC)CC)=CCC23)CC(O)C[C@@H]1F.C=C1/C(=C\CC=O)CC(O[Si](C)(C)C(C)(C)C)C[C@@H]1F.C=C1CCC(O)C/C1=C/C=C1\CCC[C@@]2(C)C1CCC2C(C)/C=C/C(C)C(C)C.C=C1CCC(O[Si](C)(C)C(C)(C)C)C/C1=C/CO.CC(CO)C1CCC2[C@@H](O)CCC[C@]12C.CCC(O)(/C=C/C[C@H](C)C1=CCC2C(=O)CCC[C@]12C)CC. The molecule has 136 heavy (non-hydrogen) atoms. The van der Waals surface area contributed by atoms with Gasteiger partial charge in [-0.2, -0.15) is 0 Å². The van der Waals surface area contributed by atoms with E-state index in [1.54, 1.807) is 17.2 Å². The number of alkyl halides is 2. The number of carbonyl (C=O) groups excluding carboxylic acids is 2. The molecule has 0 aromatic heterocycles. The first-order valence-electron chi connectivity index (χ1n) is 54.2. The van der Waals surface area contributed by atoms with Crippen molar-refractivity contribution in [2.75, 3.05) is 13.2 Å². The van der Waals surface area contributed by atoms with E-state index in [4.69, 9.17) is 14.0 Å². The van der Waals surface area contributed by atoms with Crippen molar-refractivity contribution in [3.63, 3.8) is 0 Å². The van der Waals surface area contributed by atoms with Gasteiger partial charge in [-0.1, -0.05) is 297 Å². The summed E-state index contributed by atoms with van der Waals surface area (Å²) in [7, 11) is -3.58. The van der Waals surface area contributed by atoms with Gasteiger partial charge in [-0.05, 0) is 349 Å². The van der Waals surface area contributed by atoms with E-state index in [-0.39, 0.29) is 58.2 Å². The molecule has 0 spiro atoms. The molecule has 10 saturated carbocycles. The molecule has 15 heteroatoms. The van der Waals surface area contributed by atoms with E-state index in [2.05, 4.69) is 225 Å². The van der Waals surface area contributed by atoms with Crippen molar-refractivity contribution in [1.82, 2.24) is 0 Å². The molecule has 22 atom stereocenters. The van der Waals surface area contributed by atoms with Crippen LogP contribution in [0.3, 0.4) is 0 Å². The highest BCUT2D eigenvalue weighted by Crippen LogP contribution is 2.62. The number of allylic oxidation sites excluding steroid dienone is 19. The van der Waals surface area contributed by atoms with Crippen molar-refractivity contribution < 1.29 is 63.0 Å². The fraction of sp³-hybridized carbons (Fsp3) is 0.736. The molecule has 11 nitrogen and oxygen atoms in total. The molecule has 0 aromatic rings. The zero-order chi connectivity index (χ0) is 102. The van der Waals surface area contributed by atoms with Gasteiger partial charge in [-0.15, -0.1) is 0 Å². The summed E-state index contributed by atoms with van der Waals surface area (Å²) in [6.45, 7) is 72.6. The van der Waals surface area contributed by atoms with Crippen LogP contribution in [-0.2, 0) is 18.4 Å². The predicted molar refractivity (Wildman–Crippen MR) is 574 cm³/mol. The van der Waals surface area contributed by atoms with Crippen LogP contribution in [0.2, 0.25) is 36.3 Å². The average molecular weight is 1920 g/mol. The molecule has 0 bridgehead atoms. The van der Waals surface area contributed by atoms with Crippen molar-refractivity contribution in [2.45, 2.75) is 460 Å². The summed E-state index contributed by atoms with van der Waals surface area (Å²) in [6.07, 6.45) is 61.9. The summed E-state index contributed by atoms with van der Waals surface area (Å²) < 4.78 is 41.0. The van der Waals surface area contributed by atoms with Crippen molar-refractivity contribution in [1.29, 1.82) is 0 Å². The molecule has 0 aromatic carbocycles. The second kappa shape index (κ2) is 51.7. The smallest absolute Gasteiger partial charge is 0.192 e. The molecule has 0 saturated heterocycles. The molecular weight excluding hydrogens is 1720 g/mol. The Morgan fingerprint density at radius 3 is 1.56 bits per heavy atom. The average Bonchev–Trinajstić information content (AvgIpc) is 1.57. The maximum atomic E-state index is 14.1. The fourth-order valence-electron chi connectivity index (χ4n) is 25.2. The van der Waals surface area contributed by atoms with Crippen LogP contribution < -0.4 is 0 Å². The van der Waals surface area contributed by atoms with Gasteiger partial charge in [0.25, 0.3) is 0 Å². The Balaban J connectivity index is 0.000000226. The van der Waals surface area contributed by atoms with E-state index in [1.165, 1.54) is 91.2 Å². The van der Waals surface area contributed by atoms with Gasteiger partial charge in [0.2, 0.25) is 0 Å². The molecule has 12 rings (SSSR count). The minimum atomic E-state index is -1.90. The van der Waals surface area contributed by atoms with Gasteiger partial charge in [-0.3, -0.25) is 4.79 Å². The summed E-state index contributed by atoms with van der Waals surface area (Å²) in [6, 6.07) is 0. The monoisotopic (exact) mass is 1920 g/mol. The third-order valence-electron chi connectivity index (χ3n) is 37.2. The lowest BCUT2D eigenvalue weighted by Crippen LogP contribution is -2.45. The van der Waals surface area contributed by atoms with E-state index in [9.17, 15) is 49.0 Å². The summed E-state index contributed by atoms with van der Waals surface area (Å²) in [4.78, 5) is 22.7. The maximum Gasteiger partial charge on any atom is 0.192 e. The van der Waals surface area contributed by atoms with Crippen molar-refractivity contribution in [2.24, 2.45) is 92.7 Å². The van der Waals surface area contributed by atoms with E-state index in [0.29, 0.717) is 113 Å². The predicted octanol–water partition coefficient (Wildman–Crippen LogP) is 30.4. The van der Waals surface area contributed by atoms with Crippen LogP contribution in [0, 0.1) is 92.7 Å². The molecule has 10 fully saturated rings. The Morgan fingerprint density at radius 2 is 1.01 bits per heavy atom. The Kier molecular flexibility index (Phi) is 45.0. The first-order chi connectivity index (χ1) is 63.6. The topological polar surface area (TPSA) is 194 Å².